The molecule has 0 saturated carbocycles. The van der Waals surface area contributed by atoms with Gasteiger partial charge in [-0.25, -0.2) is 4.79 Å². The lowest BCUT2D eigenvalue weighted by Crippen LogP contribution is -2.19. The third kappa shape index (κ3) is 6.16. The zero-order valence-corrected chi connectivity index (χ0v) is 10.3. The van der Waals surface area contributed by atoms with E-state index >= 15 is 0 Å². The first kappa shape index (κ1) is 14.6. The maximum Gasteiger partial charge on any atom is 0.328 e. The molecular weight excluding hydrogens is 246 g/mol. The van der Waals surface area contributed by atoms with Gasteiger partial charge < -0.3 is 10.2 Å². The van der Waals surface area contributed by atoms with Gasteiger partial charge in [0.15, 0.2) is 0 Å². The lowest BCUT2D eigenvalue weighted by Gasteiger charge is -2.03. The molecule has 19 heavy (non-hydrogen) atoms. The second-order valence-corrected chi connectivity index (χ2v) is 3.85. The molecule has 1 atom stereocenters. The molecule has 100 valence electrons. The third-order valence-electron chi connectivity index (χ3n) is 2.36. The van der Waals surface area contributed by atoms with Gasteiger partial charge in [-0.2, -0.15) is 0 Å². The number of carbonyl (C=O) groups is 2. The summed E-state index contributed by atoms with van der Waals surface area (Å²) < 4.78 is 0. The van der Waals surface area contributed by atoms with Gasteiger partial charge in [0.25, 0.3) is 0 Å². The lowest BCUT2D eigenvalue weighted by molar-refractivity contribution is -0.139. The third-order valence-corrected chi connectivity index (χ3v) is 2.36. The van der Waals surface area contributed by atoms with E-state index in [9.17, 15) is 9.59 Å². The van der Waals surface area contributed by atoms with Crippen LogP contribution in [0.2, 0.25) is 0 Å². The number of hydrogen-bond acceptors (Lipinski definition) is 3. The summed E-state index contributed by atoms with van der Waals surface area (Å²) >= 11 is 0. The Morgan fingerprint density at radius 2 is 1.89 bits per heavy atom. The fourth-order valence-electron chi connectivity index (χ4n) is 1.39. The minimum atomic E-state index is -1.12. The number of rotatable bonds is 7. The molecule has 5 heteroatoms. The van der Waals surface area contributed by atoms with Crippen molar-refractivity contribution in [3.63, 3.8) is 0 Å². The Morgan fingerprint density at radius 1 is 1.21 bits per heavy atom. The second kappa shape index (κ2) is 7.81. The van der Waals surface area contributed by atoms with E-state index in [0.29, 0.717) is 0 Å². The maximum absolute atomic E-state index is 10.8. The van der Waals surface area contributed by atoms with Crippen LogP contribution in [0.5, 0.6) is 0 Å². The molecule has 0 heterocycles. The molecular formula is C14H15NO4. The molecule has 5 nitrogen and oxygen atoms in total. The normalized spacial score (nSPS) is 12.8. The van der Waals surface area contributed by atoms with Gasteiger partial charge in [0.1, 0.15) is 6.04 Å². The highest BCUT2D eigenvalue weighted by atomic mass is 16.4. The number of aliphatic imine (C=N–C) groups is 1. The van der Waals surface area contributed by atoms with Gasteiger partial charge in [-0.3, -0.25) is 9.79 Å². The zero-order valence-electron chi connectivity index (χ0n) is 10.3. The van der Waals surface area contributed by atoms with Crippen molar-refractivity contribution in [2.24, 2.45) is 4.99 Å². The molecule has 0 aliphatic rings. The summed E-state index contributed by atoms with van der Waals surface area (Å²) in [5, 5.41) is 17.4. The highest BCUT2D eigenvalue weighted by Gasteiger charge is 2.16. The van der Waals surface area contributed by atoms with Crippen LogP contribution in [0, 0.1) is 0 Å². The van der Waals surface area contributed by atoms with E-state index in [1.807, 2.05) is 30.3 Å². The van der Waals surface area contributed by atoms with Crippen molar-refractivity contribution in [1.29, 1.82) is 0 Å². The standard InChI is InChI=1S/C14H15NO4/c16-13(17)9-8-12(14(18)19)15-10-4-7-11-5-2-1-3-6-11/h1-7,10,12H,8-9H2,(H,16,17)(H,18,19)/b7-4-,15-10?. The SMILES string of the molecule is O=C(O)CCC(N=C/C=C\c1ccccc1)C(=O)O. The van der Waals surface area contributed by atoms with Gasteiger partial charge in [0, 0.05) is 12.6 Å². The fourth-order valence-corrected chi connectivity index (χ4v) is 1.39. The summed E-state index contributed by atoms with van der Waals surface area (Å²) in [5.41, 5.74) is 0.978. The predicted molar refractivity (Wildman–Crippen MR) is 72.3 cm³/mol. The van der Waals surface area contributed by atoms with Gasteiger partial charge in [0.2, 0.25) is 0 Å². The van der Waals surface area contributed by atoms with Crippen LogP contribution < -0.4 is 0 Å². The molecule has 0 amide bonds. The van der Waals surface area contributed by atoms with Gasteiger partial charge in [-0.05, 0) is 18.1 Å². The van der Waals surface area contributed by atoms with Gasteiger partial charge in [-0.1, -0.05) is 36.4 Å². The molecule has 0 aromatic heterocycles. The van der Waals surface area contributed by atoms with Crippen LogP contribution in [0.4, 0.5) is 0 Å². The fraction of sp³-hybridized carbons (Fsp3) is 0.214. The Labute approximate surface area is 110 Å². The molecule has 0 radical (unpaired) electrons. The van der Waals surface area contributed by atoms with Crippen molar-refractivity contribution in [3.05, 3.63) is 42.0 Å². The second-order valence-electron chi connectivity index (χ2n) is 3.85. The number of allylic oxidation sites excluding steroid dienone is 1. The summed E-state index contributed by atoms with van der Waals surface area (Å²) in [7, 11) is 0. The number of hydrogen-bond donors (Lipinski definition) is 2. The summed E-state index contributed by atoms with van der Waals surface area (Å²) in [6.07, 6.45) is 4.58. The molecule has 0 aliphatic carbocycles. The largest absolute Gasteiger partial charge is 0.481 e. The van der Waals surface area contributed by atoms with Crippen LogP contribution >= 0.6 is 0 Å². The minimum absolute atomic E-state index is 0.0135. The smallest absolute Gasteiger partial charge is 0.328 e. The first-order valence-electron chi connectivity index (χ1n) is 5.79. The lowest BCUT2D eigenvalue weighted by atomic mass is 10.1. The number of benzene rings is 1. The van der Waals surface area contributed by atoms with Crippen LogP contribution in [-0.4, -0.2) is 34.4 Å². The molecule has 2 N–H and O–H groups in total. The van der Waals surface area contributed by atoms with E-state index in [4.69, 9.17) is 10.2 Å². The zero-order chi connectivity index (χ0) is 14.1. The van der Waals surface area contributed by atoms with Crippen LogP contribution in [0.3, 0.4) is 0 Å². The van der Waals surface area contributed by atoms with Crippen molar-refractivity contribution < 1.29 is 19.8 Å². The Hall–Kier alpha value is -2.43. The van der Waals surface area contributed by atoms with E-state index in [2.05, 4.69) is 4.99 Å². The molecule has 0 spiro atoms. The van der Waals surface area contributed by atoms with E-state index < -0.39 is 18.0 Å². The highest BCUT2D eigenvalue weighted by Crippen LogP contribution is 2.03. The average Bonchev–Trinajstić information content (AvgIpc) is 2.38. The Kier molecular flexibility index (Phi) is 6.02. The number of carboxylic acid groups (broad SMARTS) is 2. The monoisotopic (exact) mass is 261 g/mol. The minimum Gasteiger partial charge on any atom is -0.481 e. The average molecular weight is 261 g/mol. The molecule has 0 fully saturated rings. The highest BCUT2D eigenvalue weighted by molar-refractivity contribution is 5.82. The summed E-state index contributed by atoms with van der Waals surface area (Å²) in [6.45, 7) is 0. The van der Waals surface area contributed by atoms with Crippen molar-refractivity contribution in [2.45, 2.75) is 18.9 Å². The predicted octanol–water partition coefficient (Wildman–Crippen LogP) is 2.09. The van der Waals surface area contributed by atoms with Crippen LogP contribution in [0.15, 0.2) is 41.4 Å². The first-order chi connectivity index (χ1) is 9.09. The molecule has 1 rings (SSSR count). The summed E-state index contributed by atoms with van der Waals surface area (Å²) in [4.78, 5) is 25.1. The van der Waals surface area contributed by atoms with Crippen molar-refractivity contribution >= 4 is 24.2 Å². The Morgan fingerprint density at radius 3 is 2.47 bits per heavy atom. The van der Waals surface area contributed by atoms with Crippen molar-refractivity contribution in [3.8, 4) is 0 Å². The van der Waals surface area contributed by atoms with E-state index in [1.165, 1.54) is 6.21 Å². The van der Waals surface area contributed by atoms with E-state index in [0.717, 1.165) is 5.56 Å². The quantitative estimate of drug-likeness (QED) is 0.736. The Bertz CT molecular complexity index is 479. The van der Waals surface area contributed by atoms with Crippen molar-refractivity contribution in [2.75, 3.05) is 0 Å². The Balaban J connectivity index is 2.54. The van der Waals surface area contributed by atoms with Crippen LogP contribution in [0.25, 0.3) is 6.08 Å². The first-order valence-corrected chi connectivity index (χ1v) is 5.79. The number of aliphatic carboxylic acids is 2. The van der Waals surface area contributed by atoms with Crippen LogP contribution in [-0.2, 0) is 9.59 Å². The summed E-state index contributed by atoms with van der Waals surface area (Å²) in [6, 6.07) is 8.48. The van der Waals surface area contributed by atoms with Crippen molar-refractivity contribution in [1.82, 2.24) is 0 Å². The van der Waals surface area contributed by atoms with E-state index in [-0.39, 0.29) is 12.8 Å². The summed E-state index contributed by atoms with van der Waals surface area (Å²) in [5.74, 6) is -2.15. The molecule has 0 saturated heterocycles. The molecule has 1 aromatic rings. The molecule has 1 unspecified atom stereocenters. The van der Waals surface area contributed by atoms with E-state index in [1.54, 1.807) is 12.2 Å². The number of carboxylic acids is 2. The van der Waals surface area contributed by atoms with Crippen LogP contribution in [0.1, 0.15) is 18.4 Å². The van der Waals surface area contributed by atoms with Gasteiger partial charge >= 0.3 is 11.9 Å². The molecule has 1 aromatic carbocycles. The molecule has 0 aliphatic heterocycles. The van der Waals surface area contributed by atoms with Gasteiger partial charge in [0.05, 0.1) is 0 Å². The van der Waals surface area contributed by atoms with Gasteiger partial charge in [-0.15, -0.1) is 0 Å². The number of nitrogens with zero attached hydrogens (tertiary/aromatic N) is 1. The topological polar surface area (TPSA) is 87.0 Å². The maximum atomic E-state index is 10.8. The molecule has 0 bridgehead atoms.